The van der Waals surface area contributed by atoms with Crippen LogP contribution in [0.4, 0.5) is 0 Å². The second kappa shape index (κ2) is 8.54. The molecule has 0 bridgehead atoms. The van der Waals surface area contributed by atoms with Gasteiger partial charge in [0.25, 0.3) is 0 Å². The zero-order chi connectivity index (χ0) is 20.3. The van der Waals surface area contributed by atoms with Gasteiger partial charge in [0.1, 0.15) is 6.54 Å². The highest BCUT2D eigenvalue weighted by molar-refractivity contribution is 7.98. The molecule has 4 nitrogen and oxygen atoms in total. The van der Waals surface area contributed by atoms with Crippen molar-refractivity contribution in [1.29, 1.82) is 0 Å². The van der Waals surface area contributed by atoms with Gasteiger partial charge in [-0.2, -0.15) is 0 Å². The van der Waals surface area contributed by atoms with Crippen molar-refractivity contribution in [2.24, 2.45) is 0 Å². The van der Waals surface area contributed by atoms with Crippen LogP contribution in [-0.2, 0) is 21.8 Å². The summed E-state index contributed by atoms with van der Waals surface area (Å²) >= 11 is 1.84. The van der Waals surface area contributed by atoms with E-state index < -0.39 is 0 Å². The van der Waals surface area contributed by atoms with Crippen LogP contribution in [0.3, 0.4) is 0 Å². The number of rotatable bonds is 5. The van der Waals surface area contributed by atoms with Crippen LogP contribution in [0.2, 0.25) is 0 Å². The number of morpholine rings is 1. The molecular formula is C25H24N2O2S. The minimum absolute atomic E-state index is 0.157. The number of carbonyl (C=O) groups is 1. The first-order valence-electron chi connectivity index (χ1n) is 10.3. The predicted molar refractivity (Wildman–Crippen MR) is 123 cm³/mol. The predicted octanol–water partition coefficient (Wildman–Crippen LogP) is 4.95. The number of carbonyl (C=O) groups excluding carboxylic acids is 1. The standard InChI is InChI=1S/C25H24N2O2S/c28-25(26-12-14-29-15-13-26)17-27-16-24(22-10-3-4-11-23(22)27)30-18-20-8-5-7-19-6-1-2-9-21(19)20/h1-11,16H,12-15,17-18H2. The van der Waals surface area contributed by atoms with Crippen molar-refractivity contribution in [2.75, 3.05) is 26.3 Å². The summed E-state index contributed by atoms with van der Waals surface area (Å²) in [4.78, 5) is 15.9. The molecule has 1 fully saturated rings. The number of nitrogens with zero attached hydrogens (tertiary/aromatic N) is 2. The van der Waals surface area contributed by atoms with Crippen molar-refractivity contribution >= 4 is 39.3 Å². The average molecular weight is 417 g/mol. The maximum Gasteiger partial charge on any atom is 0.242 e. The molecule has 0 aliphatic carbocycles. The van der Waals surface area contributed by atoms with Crippen LogP contribution in [0, 0.1) is 0 Å². The van der Waals surface area contributed by atoms with Gasteiger partial charge in [-0.3, -0.25) is 4.79 Å². The first-order valence-corrected chi connectivity index (χ1v) is 11.3. The fourth-order valence-corrected chi connectivity index (χ4v) is 5.18. The molecule has 0 saturated carbocycles. The van der Waals surface area contributed by atoms with E-state index in [1.54, 1.807) is 0 Å². The van der Waals surface area contributed by atoms with E-state index in [-0.39, 0.29) is 5.91 Å². The van der Waals surface area contributed by atoms with Crippen molar-refractivity contribution in [3.8, 4) is 0 Å². The molecule has 1 saturated heterocycles. The summed E-state index contributed by atoms with van der Waals surface area (Å²) in [5.74, 6) is 1.05. The fraction of sp³-hybridized carbons (Fsp3) is 0.240. The molecule has 1 aliphatic heterocycles. The number of aromatic nitrogens is 1. The van der Waals surface area contributed by atoms with E-state index in [4.69, 9.17) is 4.74 Å². The Morgan fingerprint density at radius 3 is 2.50 bits per heavy atom. The molecule has 1 aliphatic rings. The third kappa shape index (κ3) is 3.83. The van der Waals surface area contributed by atoms with Gasteiger partial charge < -0.3 is 14.2 Å². The zero-order valence-corrected chi connectivity index (χ0v) is 17.6. The highest BCUT2D eigenvalue weighted by Gasteiger charge is 2.19. The number of para-hydroxylation sites is 1. The molecule has 4 aromatic rings. The lowest BCUT2D eigenvalue weighted by Crippen LogP contribution is -2.42. The minimum atomic E-state index is 0.157. The van der Waals surface area contributed by atoms with Gasteiger partial charge in [-0.15, -0.1) is 11.8 Å². The number of benzene rings is 3. The molecule has 1 aromatic heterocycles. The lowest BCUT2D eigenvalue weighted by Gasteiger charge is -2.27. The molecule has 30 heavy (non-hydrogen) atoms. The molecule has 3 aromatic carbocycles. The molecule has 2 heterocycles. The Morgan fingerprint density at radius 2 is 1.63 bits per heavy atom. The van der Waals surface area contributed by atoms with Gasteiger partial charge in [0.2, 0.25) is 5.91 Å². The second-order valence-electron chi connectivity index (χ2n) is 7.56. The fourth-order valence-electron chi connectivity index (χ4n) is 4.09. The highest BCUT2D eigenvalue weighted by Crippen LogP contribution is 2.33. The summed E-state index contributed by atoms with van der Waals surface area (Å²) in [5.41, 5.74) is 2.44. The van der Waals surface area contributed by atoms with E-state index >= 15 is 0 Å². The van der Waals surface area contributed by atoms with E-state index in [1.165, 1.54) is 26.6 Å². The van der Waals surface area contributed by atoms with Crippen molar-refractivity contribution in [2.45, 2.75) is 17.2 Å². The van der Waals surface area contributed by atoms with Gasteiger partial charge in [-0.05, 0) is 22.4 Å². The van der Waals surface area contributed by atoms with Crippen LogP contribution in [0.5, 0.6) is 0 Å². The van der Waals surface area contributed by atoms with Crippen molar-refractivity contribution < 1.29 is 9.53 Å². The van der Waals surface area contributed by atoms with Crippen molar-refractivity contribution in [1.82, 2.24) is 9.47 Å². The SMILES string of the molecule is O=C(Cn1cc(SCc2cccc3ccccc23)c2ccccc21)N1CCOCC1. The summed E-state index contributed by atoms with van der Waals surface area (Å²) in [7, 11) is 0. The van der Waals surface area contributed by atoms with E-state index in [2.05, 4.69) is 71.4 Å². The summed E-state index contributed by atoms with van der Waals surface area (Å²) in [6, 6.07) is 23.4. The van der Waals surface area contributed by atoms with Gasteiger partial charge in [-0.1, -0.05) is 60.7 Å². The molecular weight excluding hydrogens is 392 g/mol. The van der Waals surface area contributed by atoms with E-state index in [0.717, 1.165) is 11.3 Å². The van der Waals surface area contributed by atoms with Crippen LogP contribution >= 0.6 is 11.8 Å². The lowest BCUT2D eigenvalue weighted by molar-refractivity contribution is -0.135. The van der Waals surface area contributed by atoms with Crippen LogP contribution in [0.25, 0.3) is 21.7 Å². The summed E-state index contributed by atoms with van der Waals surface area (Å²) in [5, 5.41) is 3.78. The zero-order valence-electron chi connectivity index (χ0n) is 16.8. The molecule has 0 unspecified atom stereocenters. The average Bonchev–Trinajstić information content (AvgIpc) is 3.15. The molecule has 5 heteroatoms. The first-order chi connectivity index (χ1) is 14.8. The number of hydrogen-bond acceptors (Lipinski definition) is 3. The Bertz CT molecular complexity index is 1190. The largest absolute Gasteiger partial charge is 0.378 e. The summed E-state index contributed by atoms with van der Waals surface area (Å²) in [6.07, 6.45) is 2.14. The summed E-state index contributed by atoms with van der Waals surface area (Å²) in [6.45, 7) is 2.99. The van der Waals surface area contributed by atoms with Crippen LogP contribution in [0.15, 0.2) is 77.8 Å². The molecule has 152 valence electrons. The van der Waals surface area contributed by atoms with Crippen LogP contribution < -0.4 is 0 Å². The maximum atomic E-state index is 12.8. The molecule has 1 amide bonds. The minimum Gasteiger partial charge on any atom is -0.378 e. The smallest absolute Gasteiger partial charge is 0.242 e. The third-order valence-electron chi connectivity index (χ3n) is 5.68. The topological polar surface area (TPSA) is 34.5 Å². The Morgan fingerprint density at radius 1 is 0.900 bits per heavy atom. The number of hydrogen-bond donors (Lipinski definition) is 0. The molecule has 0 N–H and O–H groups in total. The van der Waals surface area contributed by atoms with E-state index in [9.17, 15) is 4.79 Å². The van der Waals surface area contributed by atoms with Gasteiger partial charge in [0.05, 0.1) is 13.2 Å². The number of amides is 1. The Balaban J connectivity index is 1.40. The molecule has 5 rings (SSSR count). The number of ether oxygens (including phenoxy) is 1. The number of thioether (sulfide) groups is 1. The monoisotopic (exact) mass is 416 g/mol. The van der Waals surface area contributed by atoms with Crippen molar-refractivity contribution in [3.63, 3.8) is 0 Å². The Kier molecular flexibility index (Phi) is 5.47. The van der Waals surface area contributed by atoms with E-state index in [0.29, 0.717) is 32.8 Å². The van der Waals surface area contributed by atoms with Gasteiger partial charge >= 0.3 is 0 Å². The molecule has 0 radical (unpaired) electrons. The highest BCUT2D eigenvalue weighted by atomic mass is 32.2. The molecule has 0 atom stereocenters. The first kappa shape index (κ1) is 19.2. The maximum absolute atomic E-state index is 12.8. The Hall–Kier alpha value is -2.76. The van der Waals surface area contributed by atoms with E-state index in [1.807, 2.05) is 22.7 Å². The third-order valence-corrected chi connectivity index (χ3v) is 6.78. The normalized spacial score (nSPS) is 14.5. The summed E-state index contributed by atoms with van der Waals surface area (Å²) < 4.78 is 7.47. The molecule has 0 spiro atoms. The van der Waals surface area contributed by atoms with Gasteiger partial charge in [0, 0.05) is 40.8 Å². The number of fused-ring (bicyclic) bond motifs is 2. The van der Waals surface area contributed by atoms with Gasteiger partial charge in [-0.25, -0.2) is 0 Å². The quantitative estimate of drug-likeness (QED) is 0.432. The lowest BCUT2D eigenvalue weighted by atomic mass is 10.1. The van der Waals surface area contributed by atoms with Crippen LogP contribution in [-0.4, -0.2) is 41.7 Å². The second-order valence-corrected chi connectivity index (χ2v) is 8.58. The van der Waals surface area contributed by atoms with Gasteiger partial charge in [0.15, 0.2) is 0 Å². The Labute approximate surface area is 180 Å². The van der Waals surface area contributed by atoms with Crippen molar-refractivity contribution in [3.05, 3.63) is 78.5 Å². The van der Waals surface area contributed by atoms with Crippen LogP contribution in [0.1, 0.15) is 5.56 Å².